The molecular weight excluding hydrogens is 438 g/mol. The molecule has 0 aliphatic heterocycles. The number of anilines is 1. The first-order chi connectivity index (χ1) is 9.51. The van der Waals surface area contributed by atoms with Crippen LogP contribution in [0, 0.1) is 20.7 Å². The Balaban J connectivity index is 2.31. The third kappa shape index (κ3) is 3.35. The minimum absolute atomic E-state index is 0.352. The molecule has 0 radical (unpaired) electrons. The number of hydrogen-bond acceptors (Lipinski definition) is 2. The second-order valence-corrected chi connectivity index (χ2v) is 5.96. The van der Waals surface area contributed by atoms with Crippen molar-refractivity contribution in [2.24, 2.45) is 0 Å². The summed E-state index contributed by atoms with van der Waals surface area (Å²) in [6, 6.07) is 10.9. The molecule has 6 heteroatoms. The number of carbonyl (C=O) groups is 1. The highest BCUT2D eigenvalue weighted by molar-refractivity contribution is 14.1. The minimum atomic E-state index is -0.396. The molecule has 3 nitrogen and oxygen atoms in total. The fraction of sp³-hybridized carbons (Fsp3) is 0. The molecule has 1 N–H and O–H groups in total. The van der Waals surface area contributed by atoms with Gasteiger partial charge in [-0.3, -0.25) is 4.79 Å². The summed E-state index contributed by atoms with van der Waals surface area (Å²) in [5.41, 5.74) is 1.13. The Bertz CT molecular complexity index is 728. The van der Waals surface area contributed by atoms with Crippen LogP contribution in [0.3, 0.4) is 0 Å². The van der Waals surface area contributed by atoms with E-state index in [-0.39, 0.29) is 5.91 Å². The van der Waals surface area contributed by atoms with Gasteiger partial charge in [0.2, 0.25) is 0 Å². The number of rotatable bonds is 2. The zero-order chi connectivity index (χ0) is 14.7. The van der Waals surface area contributed by atoms with Crippen LogP contribution in [0.4, 0.5) is 10.1 Å². The zero-order valence-electron chi connectivity index (χ0n) is 9.95. The van der Waals surface area contributed by atoms with Crippen LogP contribution in [-0.2, 0) is 0 Å². The van der Waals surface area contributed by atoms with Gasteiger partial charge in [-0.1, -0.05) is 15.9 Å². The molecule has 0 saturated heterocycles. The number of nitrogens with zero attached hydrogens (tertiary/aromatic N) is 1. The summed E-state index contributed by atoms with van der Waals surface area (Å²) >= 11 is 5.16. The summed E-state index contributed by atoms with van der Waals surface area (Å²) in [6.45, 7) is 0. The SMILES string of the molecule is N#Cc1cc(Br)ccc1NC(=O)c1ccc(F)cc1I. The van der Waals surface area contributed by atoms with Crippen molar-refractivity contribution in [3.8, 4) is 6.07 Å². The lowest BCUT2D eigenvalue weighted by Crippen LogP contribution is -2.14. The third-order valence-electron chi connectivity index (χ3n) is 2.53. The molecule has 0 heterocycles. The Kier molecular flexibility index (Phi) is 4.73. The molecule has 2 aromatic rings. The van der Waals surface area contributed by atoms with Gasteiger partial charge in [-0.15, -0.1) is 0 Å². The van der Waals surface area contributed by atoms with Gasteiger partial charge in [0.05, 0.1) is 16.8 Å². The second-order valence-electron chi connectivity index (χ2n) is 3.88. The lowest BCUT2D eigenvalue weighted by molar-refractivity contribution is 0.102. The maximum Gasteiger partial charge on any atom is 0.256 e. The number of nitriles is 1. The molecule has 2 rings (SSSR count). The maximum absolute atomic E-state index is 13.0. The Morgan fingerprint density at radius 1 is 1.30 bits per heavy atom. The van der Waals surface area contributed by atoms with Crippen LogP contribution in [0.2, 0.25) is 0 Å². The Morgan fingerprint density at radius 3 is 2.70 bits per heavy atom. The van der Waals surface area contributed by atoms with E-state index < -0.39 is 5.82 Å². The quantitative estimate of drug-likeness (QED) is 0.701. The number of halogens is 3. The summed E-state index contributed by atoms with van der Waals surface area (Å²) in [7, 11) is 0. The Labute approximate surface area is 137 Å². The van der Waals surface area contributed by atoms with E-state index in [4.69, 9.17) is 5.26 Å². The van der Waals surface area contributed by atoms with E-state index in [2.05, 4.69) is 21.2 Å². The van der Waals surface area contributed by atoms with Crippen LogP contribution in [0.15, 0.2) is 40.9 Å². The summed E-state index contributed by atoms with van der Waals surface area (Å²) in [5.74, 6) is -0.777. The van der Waals surface area contributed by atoms with Crippen molar-refractivity contribution in [3.63, 3.8) is 0 Å². The first kappa shape index (κ1) is 14.9. The summed E-state index contributed by atoms with van der Waals surface area (Å²) in [6.07, 6.45) is 0. The molecule has 0 spiro atoms. The molecule has 0 aliphatic rings. The van der Waals surface area contributed by atoms with Crippen LogP contribution in [0.5, 0.6) is 0 Å². The number of benzene rings is 2. The standard InChI is InChI=1S/C14H7BrFIN2O/c15-9-1-4-13(8(5-9)7-18)19-14(20)11-3-2-10(16)6-12(11)17/h1-6H,(H,19,20). The van der Waals surface area contributed by atoms with Gasteiger partial charge in [0.1, 0.15) is 11.9 Å². The first-order valence-electron chi connectivity index (χ1n) is 5.47. The first-order valence-corrected chi connectivity index (χ1v) is 7.34. The van der Waals surface area contributed by atoms with Crippen LogP contribution < -0.4 is 5.32 Å². The minimum Gasteiger partial charge on any atom is -0.321 e. The predicted octanol–water partition coefficient (Wildman–Crippen LogP) is 4.32. The van der Waals surface area contributed by atoms with Gasteiger partial charge >= 0.3 is 0 Å². The van der Waals surface area contributed by atoms with E-state index in [1.54, 1.807) is 18.2 Å². The predicted molar refractivity (Wildman–Crippen MR) is 85.9 cm³/mol. The van der Waals surface area contributed by atoms with E-state index in [9.17, 15) is 9.18 Å². The van der Waals surface area contributed by atoms with Gasteiger partial charge in [0, 0.05) is 8.04 Å². The van der Waals surface area contributed by atoms with Crippen molar-refractivity contribution >= 4 is 50.1 Å². The van der Waals surface area contributed by atoms with Gasteiger partial charge < -0.3 is 5.32 Å². The van der Waals surface area contributed by atoms with Crippen LogP contribution in [0.25, 0.3) is 0 Å². The molecule has 0 fully saturated rings. The fourth-order valence-electron chi connectivity index (χ4n) is 1.58. The lowest BCUT2D eigenvalue weighted by Gasteiger charge is -2.08. The Morgan fingerprint density at radius 2 is 2.05 bits per heavy atom. The highest BCUT2D eigenvalue weighted by Crippen LogP contribution is 2.22. The molecule has 0 aliphatic carbocycles. The number of carbonyl (C=O) groups excluding carboxylic acids is 1. The molecule has 2 aromatic carbocycles. The average molecular weight is 445 g/mol. The number of amides is 1. The molecule has 20 heavy (non-hydrogen) atoms. The highest BCUT2D eigenvalue weighted by atomic mass is 127. The van der Waals surface area contributed by atoms with E-state index in [1.807, 2.05) is 28.7 Å². The van der Waals surface area contributed by atoms with Gasteiger partial charge in [-0.2, -0.15) is 5.26 Å². The van der Waals surface area contributed by atoms with Crippen molar-refractivity contribution in [3.05, 3.63) is 61.4 Å². The normalized spacial score (nSPS) is 9.90. The monoisotopic (exact) mass is 444 g/mol. The number of nitrogens with one attached hydrogen (secondary N) is 1. The molecular formula is C14H7BrFIN2O. The second kappa shape index (κ2) is 6.33. The summed E-state index contributed by atoms with van der Waals surface area (Å²) < 4.78 is 14.3. The molecule has 0 atom stereocenters. The molecule has 0 bridgehead atoms. The van der Waals surface area contributed by atoms with Crippen molar-refractivity contribution in [1.29, 1.82) is 5.26 Å². The van der Waals surface area contributed by atoms with Gasteiger partial charge in [0.25, 0.3) is 5.91 Å². The zero-order valence-corrected chi connectivity index (χ0v) is 13.7. The van der Waals surface area contributed by atoms with Gasteiger partial charge in [0.15, 0.2) is 0 Å². The fourth-order valence-corrected chi connectivity index (χ4v) is 2.66. The van der Waals surface area contributed by atoms with Crippen molar-refractivity contribution in [2.45, 2.75) is 0 Å². The van der Waals surface area contributed by atoms with E-state index in [1.165, 1.54) is 18.2 Å². The van der Waals surface area contributed by atoms with Gasteiger partial charge in [-0.05, 0) is 59.0 Å². The Hall–Kier alpha value is -1.46. The summed E-state index contributed by atoms with van der Waals surface area (Å²) in [4.78, 5) is 12.1. The maximum atomic E-state index is 13.0. The van der Waals surface area contributed by atoms with Crippen LogP contribution >= 0.6 is 38.5 Å². The molecule has 0 saturated carbocycles. The molecule has 0 aromatic heterocycles. The average Bonchev–Trinajstić information content (AvgIpc) is 2.40. The van der Waals surface area contributed by atoms with E-state index in [0.717, 1.165) is 4.47 Å². The van der Waals surface area contributed by atoms with Crippen LogP contribution in [-0.4, -0.2) is 5.91 Å². The summed E-state index contributed by atoms with van der Waals surface area (Å²) in [5, 5.41) is 11.7. The smallest absolute Gasteiger partial charge is 0.256 e. The third-order valence-corrected chi connectivity index (χ3v) is 3.91. The lowest BCUT2D eigenvalue weighted by atomic mass is 10.1. The largest absolute Gasteiger partial charge is 0.321 e. The topological polar surface area (TPSA) is 52.9 Å². The van der Waals surface area contributed by atoms with Crippen LogP contribution in [0.1, 0.15) is 15.9 Å². The molecule has 0 unspecified atom stereocenters. The molecule has 1 amide bonds. The van der Waals surface area contributed by atoms with Crippen molar-refractivity contribution in [1.82, 2.24) is 0 Å². The van der Waals surface area contributed by atoms with Gasteiger partial charge in [-0.25, -0.2) is 4.39 Å². The van der Waals surface area contributed by atoms with Crippen molar-refractivity contribution < 1.29 is 9.18 Å². The number of hydrogen-bond donors (Lipinski definition) is 1. The van der Waals surface area contributed by atoms with Crippen molar-refractivity contribution in [2.75, 3.05) is 5.32 Å². The highest BCUT2D eigenvalue weighted by Gasteiger charge is 2.13. The van der Waals surface area contributed by atoms with E-state index >= 15 is 0 Å². The molecule has 100 valence electrons. The van der Waals surface area contributed by atoms with E-state index in [0.29, 0.717) is 20.4 Å².